The van der Waals surface area contributed by atoms with E-state index in [0.717, 1.165) is 22.3 Å². The Bertz CT molecular complexity index is 411. The van der Waals surface area contributed by atoms with Gasteiger partial charge < -0.3 is 0 Å². The summed E-state index contributed by atoms with van der Waals surface area (Å²) in [5, 5.41) is 0.801. The second-order valence-corrected chi connectivity index (χ2v) is 7.09. The fourth-order valence-corrected chi connectivity index (χ4v) is 3.28. The molecule has 0 amide bonds. The normalized spacial score (nSPS) is 11.6. The van der Waals surface area contributed by atoms with Crippen LogP contribution in [-0.4, -0.2) is 0 Å². The van der Waals surface area contributed by atoms with E-state index in [-0.39, 0.29) is 0 Å². The molecule has 0 unspecified atom stereocenters. The van der Waals surface area contributed by atoms with E-state index in [2.05, 4.69) is 49.7 Å². The Hall–Kier alpha value is 0.280. The molecular weight excluding hydrogens is 331 g/mol. The summed E-state index contributed by atoms with van der Waals surface area (Å²) in [6, 6.07) is 2.06. The maximum absolute atomic E-state index is 6.32. The smallest absolute Gasteiger partial charge is 0.0553 e. The van der Waals surface area contributed by atoms with Crippen LogP contribution >= 0.6 is 39.1 Å². The Labute approximate surface area is 129 Å². The molecule has 0 radical (unpaired) electrons. The zero-order valence-electron chi connectivity index (χ0n) is 11.5. The van der Waals surface area contributed by atoms with Gasteiger partial charge in [0.15, 0.2) is 0 Å². The van der Waals surface area contributed by atoms with Crippen molar-refractivity contribution in [3.8, 4) is 0 Å². The summed E-state index contributed by atoms with van der Waals surface area (Å²) in [6.45, 7) is 8.87. The molecule has 1 rings (SSSR count). The second-order valence-electron chi connectivity index (χ2n) is 5.62. The van der Waals surface area contributed by atoms with E-state index in [4.69, 9.17) is 23.2 Å². The van der Waals surface area contributed by atoms with Gasteiger partial charge in [0.2, 0.25) is 0 Å². The lowest BCUT2D eigenvalue weighted by molar-refractivity contribution is 0.629. The summed E-state index contributed by atoms with van der Waals surface area (Å²) in [5.41, 5.74) is 3.84. The summed E-state index contributed by atoms with van der Waals surface area (Å²) in [7, 11) is 0. The molecule has 0 atom stereocenters. The monoisotopic (exact) mass is 350 g/mol. The van der Waals surface area contributed by atoms with Gasteiger partial charge in [-0.3, -0.25) is 0 Å². The molecule has 102 valence electrons. The molecule has 18 heavy (non-hydrogen) atoms. The van der Waals surface area contributed by atoms with Crippen LogP contribution in [0, 0.1) is 11.8 Å². The lowest BCUT2D eigenvalue weighted by Crippen LogP contribution is -2.06. The molecule has 0 aliphatic carbocycles. The van der Waals surface area contributed by atoms with Crippen LogP contribution in [0.4, 0.5) is 0 Å². The highest BCUT2D eigenvalue weighted by Crippen LogP contribution is 2.35. The predicted molar refractivity (Wildman–Crippen MR) is 85.8 cm³/mol. The number of benzene rings is 1. The summed E-state index contributed by atoms with van der Waals surface area (Å²) in [6.07, 6.45) is 2.04. The fraction of sp³-hybridized carbons (Fsp3) is 0.600. The third-order valence-corrected chi connectivity index (χ3v) is 4.60. The van der Waals surface area contributed by atoms with Gasteiger partial charge in [-0.15, -0.1) is 11.6 Å². The average Bonchev–Trinajstić information content (AvgIpc) is 2.24. The maximum atomic E-state index is 6.32. The third-order valence-electron chi connectivity index (χ3n) is 2.90. The van der Waals surface area contributed by atoms with Gasteiger partial charge in [-0.05, 0) is 63.4 Å². The summed E-state index contributed by atoms with van der Waals surface area (Å²) in [4.78, 5) is 0. The first-order valence-corrected chi connectivity index (χ1v) is 8.11. The molecule has 0 fully saturated rings. The van der Waals surface area contributed by atoms with Gasteiger partial charge in [-0.25, -0.2) is 0 Å². The van der Waals surface area contributed by atoms with E-state index in [1.54, 1.807) is 0 Å². The molecule has 0 bridgehead atoms. The zero-order valence-corrected chi connectivity index (χ0v) is 14.6. The molecule has 3 heteroatoms. The topological polar surface area (TPSA) is 0 Å². The molecule has 0 heterocycles. The largest absolute Gasteiger partial charge is 0.122 e. The molecule has 1 aromatic rings. The molecule has 0 aliphatic heterocycles. The lowest BCUT2D eigenvalue weighted by atomic mass is 9.91. The zero-order chi connectivity index (χ0) is 13.9. The third kappa shape index (κ3) is 4.15. The van der Waals surface area contributed by atoms with Crippen molar-refractivity contribution in [2.75, 3.05) is 0 Å². The second kappa shape index (κ2) is 7.17. The maximum Gasteiger partial charge on any atom is 0.0553 e. The van der Waals surface area contributed by atoms with Gasteiger partial charge in [0, 0.05) is 10.4 Å². The van der Waals surface area contributed by atoms with Crippen molar-refractivity contribution in [1.29, 1.82) is 0 Å². The van der Waals surface area contributed by atoms with Crippen molar-refractivity contribution in [2.24, 2.45) is 11.8 Å². The Balaban J connectivity index is 3.31. The molecule has 0 aromatic heterocycles. The van der Waals surface area contributed by atoms with E-state index >= 15 is 0 Å². The Morgan fingerprint density at radius 1 is 1.06 bits per heavy atom. The summed E-state index contributed by atoms with van der Waals surface area (Å²) >= 11 is 16.1. The number of rotatable bonds is 5. The van der Waals surface area contributed by atoms with Crippen LogP contribution < -0.4 is 0 Å². The number of halogens is 3. The van der Waals surface area contributed by atoms with E-state index in [0.29, 0.717) is 17.7 Å². The summed E-state index contributed by atoms with van der Waals surface area (Å²) in [5.74, 6) is 1.75. The molecule has 0 spiro atoms. The Kier molecular flexibility index (Phi) is 6.50. The van der Waals surface area contributed by atoms with Crippen LogP contribution in [0.15, 0.2) is 10.5 Å². The van der Waals surface area contributed by atoms with Gasteiger partial charge in [0.1, 0.15) is 0 Å². The first-order valence-electron chi connectivity index (χ1n) is 6.41. The van der Waals surface area contributed by atoms with Crippen LogP contribution in [0.1, 0.15) is 44.4 Å². The molecular formula is C15H21BrCl2. The van der Waals surface area contributed by atoms with Crippen molar-refractivity contribution in [3.63, 3.8) is 0 Å². The van der Waals surface area contributed by atoms with Crippen molar-refractivity contribution in [1.82, 2.24) is 0 Å². The molecule has 0 saturated carbocycles. The van der Waals surface area contributed by atoms with Crippen LogP contribution in [0.25, 0.3) is 0 Å². The van der Waals surface area contributed by atoms with Gasteiger partial charge in [0.25, 0.3) is 0 Å². The van der Waals surface area contributed by atoms with E-state index < -0.39 is 0 Å². The number of hydrogen-bond acceptors (Lipinski definition) is 0. The van der Waals surface area contributed by atoms with Crippen LogP contribution in [0.2, 0.25) is 5.02 Å². The fourth-order valence-electron chi connectivity index (χ4n) is 2.18. The van der Waals surface area contributed by atoms with Crippen LogP contribution in [0.5, 0.6) is 0 Å². The molecule has 0 nitrogen and oxygen atoms in total. The Morgan fingerprint density at radius 2 is 1.61 bits per heavy atom. The van der Waals surface area contributed by atoms with Gasteiger partial charge in [-0.2, -0.15) is 0 Å². The highest BCUT2D eigenvalue weighted by molar-refractivity contribution is 9.10. The van der Waals surface area contributed by atoms with Crippen molar-refractivity contribution in [3.05, 3.63) is 32.3 Å². The van der Waals surface area contributed by atoms with Crippen molar-refractivity contribution >= 4 is 39.1 Å². The van der Waals surface area contributed by atoms with Crippen molar-refractivity contribution in [2.45, 2.75) is 46.4 Å². The minimum atomic E-state index is 0.555. The van der Waals surface area contributed by atoms with Crippen LogP contribution in [0.3, 0.4) is 0 Å². The minimum absolute atomic E-state index is 0.555. The molecule has 0 saturated heterocycles. The van der Waals surface area contributed by atoms with Crippen LogP contribution in [-0.2, 0) is 18.7 Å². The van der Waals surface area contributed by atoms with E-state index in [1.807, 2.05) is 0 Å². The molecule has 0 N–H and O–H groups in total. The van der Waals surface area contributed by atoms with Crippen molar-refractivity contribution < 1.29 is 0 Å². The predicted octanol–water partition coefficient (Wildman–Crippen LogP) is 6.24. The highest BCUT2D eigenvalue weighted by Gasteiger charge is 2.16. The highest BCUT2D eigenvalue weighted by atomic mass is 79.9. The molecule has 0 aliphatic rings. The Morgan fingerprint density at radius 3 is 2.06 bits per heavy atom. The number of hydrogen-bond donors (Lipinski definition) is 0. The standard InChI is InChI=1S/C15H21BrCl2/c1-9(2)5-11-7-14(18)15(16)12(6-10(3)4)13(11)8-17/h7,9-10H,5-6,8H2,1-4H3. The van der Waals surface area contributed by atoms with E-state index in [9.17, 15) is 0 Å². The quantitative estimate of drug-likeness (QED) is 0.551. The van der Waals surface area contributed by atoms with Gasteiger partial charge >= 0.3 is 0 Å². The summed E-state index contributed by atoms with van der Waals surface area (Å²) < 4.78 is 1.01. The van der Waals surface area contributed by atoms with Gasteiger partial charge in [0.05, 0.1) is 5.02 Å². The SMILES string of the molecule is CC(C)Cc1cc(Cl)c(Br)c(CC(C)C)c1CCl. The first kappa shape index (κ1) is 16.3. The molecule has 1 aromatic carbocycles. The van der Waals surface area contributed by atoms with Gasteiger partial charge in [-0.1, -0.05) is 39.3 Å². The number of alkyl halides is 1. The first-order chi connectivity index (χ1) is 8.36. The lowest BCUT2D eigenvalue weighted by Gasteiger charge is -2.19. The average molecular weight is 352 g/mol. The van der Waals surface area contributed by atoms with E-state index in [1.165, 1.54) is 16.7 Å². The minimum Gasteiger partial charge on any atom is -0.122 e.